The molecule has 2 aromatic heterocycles. The summed E-state index contributed by atoms with van der Waals surface area (Å²) in [6, 6.07) is 12.2. The van der Waals surface area contributed by atoms with Crippen LogP contribution in [0.1, 0.15) is 34.3 Å². The molecule has 0 atom stereocenters. The van der Waals surface area contributed by atoms with Crippen molar-refractivity contribution in [3.63, 3.8) is 0 Å². The Morgan fingerprint density at radius 1 is 1.27 bits per heavy atom. The van der Waals surface area contributed by atoms with Gasteiger partial charge in [-0.25, -0.2) is 0 Å². The first-order valence-corrected chi connectivity index (χ1v) is 9.17. The quantitative estimate of drug-likeness (QED) is 0.777. The fraction of sp³-hybridized carbons (Fsp3) is 0.273. The van der Waals surface area contributed by atoms with E-state index in [4.69, 9.17) is 0 Å². The third-order valence-corrected chi connectivity index (χ3v) is 4.95. The topological polar surface area (TPSA) is 46.9 Å². The van der Waals surface area contributed by atoms with Gasteiger partial charge in [-0.3, -0.25) is 14.3 Å². The fourth-order valence-corrected chi connectivity index (χ4v) is 3.61. The predicted molar refractivity (Wildman–Crippen MR) is 105 cm³/mol. The first-order chi connectivity index (χ1) is 12.7. The van der Waals surface area contributed by atoms with Gasteiger partial charge in [-0.2, -0.15) is 0 Å². The number of hydrogen-bond acceptors (Lipinski definition) is 3. The summed E-state index contributed by atoms with van der Waals surface area (Å²) in [6.07, 6.45) is 8.19. The molecule has 1 aliphatic rings. The summed E-state index contributed by atoms with van der Waals surface area (Å²) in [6.45, 7) is 3.91. The van der Waals surface area contributed by atoms with Crippen LogP contribution in [0.25, 0.3) is 16.6 Å². The number of pyridine rings is 1. The van der Waals surface area contributed by atoms with Crippen LogP contribution in [0.4, 0.5) is 0 Å². The molecule has 1 aliphatic heterocycles. The molecule has 26 heavy (non-hydrogen) atoms. The number of aromatic nitrogens is 2. The lowest BCUT2D eigenvalue weighted by Crippen LogP contribution is -2.20. The standard InChI is InChI=1S/C22H23N3O/c1-16-4-2-5-17(14-16)7-8-21(26)25-15-19(18-9-12-23-13-10-18)22-20(25)6-3-11-24-22/h2-6,9,11,14-15,23H,7-8,10,12-13H2,1H3. The second-order valence-corrected chi connectivity index (χ2v) is 6.85. The summed E-state index contributed by atoms with van der Waals surface area (Å²) in [5.41, 5.74) is 6.62. The van der Waals surface area contributed by atoms with Crippen molar-refractivity contribution >= 4 is 22.5 Å². The molecule has 0 unspecified atom stereocenters. The Bertz CT molecular complexity index is 984. The molecule has 4 rings (SSSR count). The van der Waals surface area contributed by atoms with Gasteiger partial charge in [-0.1, -0.05) is 35.9 Å². The molecule has 0 amide bonds. The second-order valence-electron chi connectivity index (χ2n) is 6.85. The van der Waals surface area contributed by atoms with Crippen LogP contribution in [0, 0.1) is 6.92 Å². The molecule has 3 aromatic rings. The van der Waals surface area contributed by atoms with E-state index in [-0.39, 0.29) is 5.91 Å². The molecule has 1 N–H and O–H groups in total. The summed E-state index contributed by atoms with van der Waals surface area (Å²) in [4.78, 5) is 17.5. The molecule has 4 nitrogen and oxygen atoms in total. The van der Waals surface area contributed by atoms with Crippen molar-refractivity contribution in [2.75, 3.05) is 13.1 Å². The average Bonchev–Trinajstić information content (AvgIpc) is 3.07. The predicted octanol–water partition coefficient (Wildman–Crippen LogP) is 3.99. The number of carbonyl (C=O) groups is 1. The van der Waals surface area contributed by atoms with Crippen LogP contribution in [-0.4, -0.2) is 28.5 Å². The van der Waals surface area contributed by atoms with Gasteiger partial charge in [0.25, 0.3) is 0 Å². The lowest BCUT2D eigenvalue weighted by Gasteiger charge is -2.12. The Kier molecular flexibility index (Phi) is 4.67. The summed E-state index contributed by atoms with van der Waals surface area (Å²) in [5.74, 6) is 0.116. The minimum Gasteiger partial charge on any atom is -0.313 e. The molecule has 1 aromatic carbocycles. The second kappa shape index (κ2) is 7.26. The van der Waals surface area contributed by atoms with Gasteiger partial charge < -0.3 is 5.32 Å². The smallest absolute Gasteiger partial charge is 0.231 e. The maximum atomic E-state index is 12.9. The van der Waals surface area contributed by atoms with Crippen molar-refractivity contribution in [1.82, 2.24) is 14.9 Å². The summed E-state index contributed by atoms with van der Waals surface area (Å²) < 4.78 is 1.79. The molecule has 0 saturated carbocycles. The third kappa shape index (κ3) is 3.33. The normalized spacial score (nSPS) is 14.4. The Labute approximate surface area is 153 Å². The minimum absolute atomic E-state index is 0.116. The highest BCUT2D eigenvalue weighted by atomic mass is 16.2. The zero-order chi connectivity index (χ0) is 17.9. The third-order valence-electron chi connectivity index (χ3n) is 4.95. The highest BCUT2D eigenvalue weighted by Crippen LogP contribution is 2.28. The van der Waals surface area contributed by atoms with Crippen molar-refractivity contribution < 1.29 is 4.79 Å². The molecule has 0 saturated heterocycles. The van der Waals surface area contributed by atoms with Crippen LogP contribution < -0.4 is 5.32 Å². The number of fused-ring (bicyclic) bond motifs is 1. The molecule has 0 bridgehead atoms. The van der Waals surface area contributed by atoms with E-state index in [0.29, 0.717) is 6.42 Å². The molecular weight excluding hydrogens is 322 g/mol. The fourth-order valence-electron chi connectivity index (χ4n) is 3.61. The van der Waals surface area contributed by atoms with E-state index in [2.05, 4.69) is 41.5 Å². The van der Waals surface area contributed by atoms with Crippen LogP contribution in [0.3, 0.4) is 0 Å². The Balaban J connectivity index is 1.63. The lowest BCUT2D eigenvalue weighted by atomic mass is 10.0. The highest BCUT2D eigenvalue weighted by molar-refractivity contribution is 5.97. The molecule has 0 fully saturated rings. The molecular formula is C22H23N3O. The van der Waals surface area contributed by atoms with E-state index >= 15 is 0 Å². The van der Waals surface area contributed by atoms with Gasteiger partial charge in [0.2, 0.25) is 5.91 Å². The molecule has 4 heteroatoms. The van der Waals surface area contributed by atoms with E-state index in [0.717, 1.165) is 42.5 Å². The molecule has 0 radical (unpaired) electrons. The van der Waals surface area contributed by atoms with Crippen LogP contribution >= 0.6 is 0 Å². The Morgan fingerprint density at radius 3 is 3.00 bits per heavy atom. The zero-order valence-electron chi connectivity index (χ0n) is 15.0. The highest BCUT2D eigenvalue weighted by Gasteiger charge is 2.17. The number of carbonyl (C=O) groups excluding carboxylic acids is 1. The summed E-state index contributed by atoms with van der Waals surface area (Å²) >= 11 is 0. The van der Waals surface area contributed by atoms with E-state index in [1.807, 2.05) is 24.4 Å². The maximum Gasteiger partial charge on any atom is 0.231 e. The lowest BCUT2D eigenvalue weighted by molar-refractivity contribution is 0.0908. The van der Waals surface area contributed by atoms with Crippen LogP contribution in [-0.2, 0) is 6.42 Å². The van der Waals surface area contributed by atoms with Gasteiger partial charge in [0, 0.05) is 30.9 Å². The summed E-state index contributed by atoms with van der Waals surface area (Å²) in [5, 5.41) is 3.33. The van der Waals surface area contributed by atoms with E-state index < -0.39 is 0 Å². The van der Waals surface area contributed by atoms with Gasteiger partial charge in [0.15, 0.2) is 0 Å². The minimum atomic E-state index is 0.116. The first kappa shape index (κ1) is 16.7. The number of hydrogen-bond donors (Lipinski definition) is 1. The van der Waals surface area contributed by atoms with Crippen molar-refractivity contribution in [3.8, 4) is 0 Å². The Hall–Kier alpha value is -2.72. The van der Waals surface area contributed by atoms with Gasteiger partial charge in [0.05, 0.1) is 11.0 Å². The van der Waals surface area contributed by atoms with Crippen LogP contribution in [0.2, 0.25) is 0 Å². The number of nitrogens with one attached hydrogen (secondary N) is 1. The van der Waals surface area contributed by atoms with Crippen LogP contribution in [0.5, 0.6) is 0 Å². The monoisotopic (exact) mass is 345 g/mol. The van der Waals surface area contributed by atoms with Crippen molar-refractivity contribution in [3.05, 3.63) is 71.6 Å². The SMILES string of the molecule is Cc1cccc(CCC(=O)n2cc(C3=CCNCC3)c3ncccc32)c1. The van der Waals surface area contributed by atoms with Crippen LogP contribution in [0.15, 0.2) is 54.9 Å². The van der Waals surface area contributed by atoms with E-state index in [1.54, 1.807) is 10.8 Å². The van der Waals surface area contributed by atoms with E-state index in [1.165, 1.54) is 16.7 Å². The molecule has 3 heterocycles. The number of benzene rings is 1. The average molecular weight is 345 g/mol. The maximum absolute atomic E-state index is 12.9. The summed E-state index contributed by atoms with van der Waals surface area (Å²) in [7, 11) is 0. The van der Waals surface area contributed by atoms with Gasteiger partial charge in [-0.05, 0) is 49.6 Å². The van der Waals surface area contributed by atoms with Crippen molar-refractivity contribution in [2.24, 2.45) is 0 Å². The Morgan fingerprint density at radius 2 is 2.19 bits per heavy atom. The van der Waals surface area contributed by atoms with Crippen molar-refractivity contribution in [1.29, 1.82) is 0 Å². The molecule has 0 spiro atoms. The number of nitrogens with zero attached hydrogens (tertiary/aromatic N) is 2. The van der Waals surface area contributed by atoms with Gasteiger partial charge in [-0.15, -0.1) is 0 Å². The van der Waals surface area contributed by atoms with Crippen molar-refractivity contribution in [2.45, 2.75) is 26.2 Å². The van der Waals surface area contributed by atoms with E-state index in [9.17, 15) is 4.79 Å². The number of rotatable bonds is 4. The zero-order valence-corrected chi connectivity index (χ0v) is 15.0. The van der Waals surface area contributed by atoms with Gasteiger partial charge in [0.1, 0.15) is 0 Å². The number of aryl methyl sites for hydroxylation is 2. The first-order valence-electron chi connectivity index (χ1n) is 9.17. The largest absolute Gasteiger partial charge is 0.313 e. The van der Waals surface area contributed by atoms with Gasteiger partial charge >= 0.3 is 0 Å². The molecule has 132 valence electrons. The molecule has 0 aliphatic carbocycles.